The first kappa shape index (κ1) is 15.2. The first-order valence-corrected chi connectivity index (χ1v) is 9.31. The Morgan fingerprint density at radius 3 is 2.14 bits per heavy atom. The fourth-order valence-electron chi connectivity index (χ4n) is 3.59. The Hall–Kier alpha value is -0.720. The molecule has 0 atom stereocenters. The lowest BCUT2D eigenvalue weighted by Gasteiger charge is -2.43. The van der Waals surface area contributed by atoms with Crippen LogP contribution in [0.4, 0.5) is 0 Å². The molecule has 1 aliphatic carbocycles. The van der Waals surface area contributed by atoms with Crippen LogP contribution >= 0.6 is 11.6 Å². The fraction of sp³-hybridized carbons (Fsp3) is 0.714. The first-order valence-electron chi connectivity index (χ1n) is 7.50. The molecule has 2 fully saturated rings. The summed E-state index contributed by atoms with van der Waals surface area (Å²) in [4.78, 5) is 7.68. The Morgan fingerprint density at radius 2 is 1.57 bits per heavy atom. The summed E-state index contributed by atoms with van der Waals surface area (Å²) in [5.74, 6) is 0. The molecule has 0 N–H and O–H groups in total. The van der Waals surface area contributed by atoms with E-state index in [9.17, 15) is 8.42 Å². The zero-order chi connectivity index (χ0) is 14.9. The summed E-state index contributed by atoms with van der Waals surface area (Å²) in [5, 5.41) is 0.0637. The maximum atomic E-state index is 12.6. The summed E-state index contributed by atoms with van der Waals surface area (Å²) < 4.78 is 26.7. The van der Waals surface area contributed by atoms with Crippen LogP contribution < -0.4 is 0 Å². The Balaban J connectivity index is 1.72. The van der Waals surface area contributed by atoms with E-state index in [0.29, 0.717) is 18.5 Å². The molecule has 3 rings (SSSR count). The lowest BCUT2D eigenvalue weighted by molar-refractivity contribution is 0.102. The van der Waals surface area contributed by atoms with Crippen LogP contribution in [0.1, 0.15) is 44.9 Å². The van der Waals surface area contributed by atoms with E-state index in [1.54, 1.807) is 4.31 Å². The zero-order valence-corrected chi connectivity index (χ0v) is 13.5. The molecule has 1 aromatic rings. The summed E-state index contributed by atoms with van der Waals surface area (Å²) in [6.07, 6.45) is 10.9. The molecule has 1 spiro atoms. The highest BCUT2D eigenvalue weighted by Gasteiger charge is 2.39. The van der Waals surface area contributed by atoms with E-state index in [2.05, 4.69) is 9.97 Å². The molecule has 7 heteroatoms. The van der Waals surface area contributed by atoms with Crippen LogP contribution in [0.5, 0.6) is 0 Å². The van der Waals surface area contributed by atoms with Gasteiger partial charge in [0.15, 0.2) is 0 Å². The van der Waals surface area contributed by atoms with Gasteiger partial charge in [0.2, 0.25) is 15.3 Å². The second kappa shape index (κ2) is 5.82. The zero-order valence-electron chi connectivity index (χ0n) is 12.0. The molecule has 21 heavy (non-hydrogen) atoms. The van der Waals surface area contributed by atoms with Crippen molar-refractivity contribution in [2.45, 2.75) is 49.8 Å². The summed E-state index contributed by atoms with van der Waals surface area (Å²) in [6.45, 7) is 1.20. The van der Waals surface area contributed by atoms with Crippen LogP contribution in [-0.4, -0.2) is 35.8 Å². The predicted octanol–water partition coefficient (Wildman–Crippen LogP) is 2.87. The molecule has 2 aliphatic rings. The molecule has 0 radical (unpaired) electrons. The van der Waals surface area contributed by atoms with Gasteiger partial charge in [-0.25, -0.2) is 18.4 Å². The molecule has 1 saturated heterocycles. The number of hydrogen-bond donors (Lipinski definition) is 0. The van der Waals surface area contributed by atoms with Crippen LogP contribution in [0.15, 0.2) is 17.3 Å². The van der Waals surface area contributed by atoms with Crippen LogP contribution in [0.2, 0.25) is 5.28 Å². The molecule has 1 aromatic heterocycles. The monoisotopic (exact) mass is 329 g/mol. The smallest absolute Gasteiger partial charge is 0.225 e. The van der Waals surface area contributed by atoms with Crippen molar-refractivity contribution >= 4 is 21.6 Å². The third-order valence-corrected chi connectivity index (χ3v) is 6.98. The van der Waals surface area contributed by atoms with Gasteiger partial charge in [-0.3, -0.25) is 0 Å². The van der Waals surface area contributed by atoms with E-state index >= 15 is 0 Å². The minimum atomic E-state index is -3.48. The standard InChI is InChI=1S/C14H20ClN3O2S/c15-13-16-10-12(11-17-13)21(19,20)18-8-6-14(7-9-18)4-2-1-3-5-14/h10-11H,1-9H2. The second-order valence-corrected chi connectivity index (χ2v) is 8.43. The van der Waals surface area contributed by atoms with E-state index < -0.39 is 10.0 Å². The molecule has 0 aromatic carbocycles. The van der Waals surface area contributed by atoms with Crippen molar-refractivity contribution in [1.29, 1.82) is 0 Å². The molecule has 0 amide bonds. The van der Waals surface area contributed by atoms with Gasteiger partial charge < -0.3 is 0 Å². The van der Waals surface area contributed by atoms with Gasteiger partial charge in [-0.05, 0) is 42.7 Å². The Morgan fingerprint density at radius 1 is 1.00 bits per heavy atom. The lowest BCUT2D eigenvalue weighted by Crippen LogP contribution is -2.43. The minimum absolute atomic E-state index is 0.0637. The van der Waals surface area contributed by atoms with Crippen molar-refractivity contribution in [2.24, 2.45) is 5.41 Å². The molecule has 0 bridgehead atoms. The number of aromatic nitrogens is 2. The van der Waals surface area contributed by atoms with Crippen molar-refractivity contribution in [3.05, 3.63) is 17.7 Å². The number of hydrogen-bond acceptors (Lipinski definition) is 4. The Bertz CT molecular complexity index is 587. The number of rotatable bonds is 2. The molecule has 1 saturated carbocycles. The van der Waals surface area contributed by atoms with Gasteiger partial charge >= 0.3 is 0 Å². The van der Waals surface area contributed by atoms with Crippen molar-refractivity contribution in [1.82, 2.24) is 14.3 Å². The van der Waals surface area contributed by atoms with Gasteiger partial charge in [0, 0.05) is 13.1 Å². The molecule has 5 nitrogen and oxygen atoms in total. The lowest BCUT2D eigenvalue weighted by atomic mass is 9.68. The van der Waals surface area contributed by atoms with Gasteiger partial charge in [-0.2, -0.15) is 4.31 Å². The summed E-state index contributed by atoms with van der Waals surface area (Å²) >= 11 is 5.61. The number of piperidine rings is 1. The van der Waals surface area contributed by atoms with Crippen LogP contribution in [0, 0.1) is 5.41 Å². The number of sulfonamides is 1. The average Bonchev–Trinajstić information content (AvgIpc) is 2.49. The van der Waals surface area contributed by atoms with Gasteiger partial charge in [0.05, 0.1) is 12.4 Å². The van der Waals surface area contributed by atoms with Gasteiger partial charge in [0.1, 0.15) is 4.90 Å². The first-order chi connectivity index (χ1) is 10.0. The van der Waals surface area contributed by atoms with Crippen LogP contribution in [-0.2, 0) is 10.0 Å². The molecular formula is C14H20ClN3O2S. The summed E-state index contributed by atoms with van der Waals surface area (Å²) in [6, 6.07) is 0. The Labute approximate surface area is 130 Å². The highest BCUT2D eigenvalue weighted by Crippen LogP contribution is 2.45. The third kappa shape index (κ3) is 3.07. The summed E-state index contributed by atoms with van der Waals surface area (Å²) in [5.41, 5.74) is 0.390. The van der Waals surface area contributed by atoms with Gasteiger partial charge in [0.25, 0.3) is 0 Å². The summed E-state index contributed by atoms with van der Waals surface area (Å²) in [7, 11) is -3.48. The topological polar surface area (TPSA) is 63.2 Å². The average molecular weight is 330 g/mol. The molecular weight excluding hydrogens is 310 g/mol. The van der Waals surface area contributed by atoms with Crippen molar-refractivity contribution in [3.63, 3.8) is 0 Å². The maximum absolute atomic E-state index is 12.6. The van der Waals surface area contributed by atoms with Crippen molar-refractivity contribution in [2.75, 3.05) is 13.1 Å². The Kier molecular flexibility index (Phi) is 4.21. The van der Waals surface area contributed by atoms with Gasteiger partial charge in [-0.15, -0.1) is 0 Å². The SMILES string of the molecule is O=S(=O)(c1cnc(Cl)nc1)N1CCC2(CCCCC2)CC1. The second-order valence-electron chi connectivity index (χ2n) is 6.15. The highest BCUT2D eigenvalue weighted by atomic mass is 35.5. The number of halogens is 1. The van der Waals surface area contributed by atoms with E-state index in [4.69, 9.17) is 11.6 Å². The van der Waals surface area contributed by atoms with Crippen molar-refractivity contribution in [3.8, 4) is 0 Å². The van der Waals surface area contributed by atoms with Crippen LogP contribution in [0.3, 0.4) is 0 Å². The number of nitrogens with zero attached hydrogens (tertiary/aromatic N) is 3. The quantitative estimate of drug-likeness (QED) is 0.783. The fourth-order valence-corrected chi connectivity index (χ4v) is 5.02. The van der Waals surface area contributed by atoms with E-state index in [0.717, 1.165) is 12.8 Å². The van der Waals surface area contributed by atoms with Crippen molar-refractivity contribution < 1.29 is 8.42 Å². The molecule has 1 aliphatic heterocycles. The maximum Gasteiger partial charge on any atom is 0.246 e. The minimum Gasteiger partial charge on any atom is -0.225 e. The predicted molar refractivity (Wildman–Crippen MR) is 80.6 cm³/mol. The molecule has 116 valence electrons. The normalized spacial score (nSPS) is 23.3. The van der Waals surface area contributed by atoms with Crippen LogP contribution in [0.25, 0.3) is 0 Å². The largest absolute Gasteiger partial charge is 0.246 e. The molecule has 2 heterocycles. The third-order valence-electron chi connectivity index (χ3n) is 4.93. The van der Waals surface area contributed by atoms with E-state index in [-0.39, 0.29) is 10.2 Å². The van der Waals surface area contributed by atoms with E-state index in [1.807, 2.05) is 0 Å². The van der Waals surface area contributed by atoms with E-state index in [1.165, 1.54) is 44.5 Å². The molecule has 0 unspecified atom stereocenters. The highest BCUT2D eigenvalue weighted by molar-refractivity contribution is 7.89. The van der Waals surface area contributed by atoms with Gasteiger partial charge in [-0.1, -0.05) is 19.3 Å².